The maximum atomic E-state index is 13.9. The number of piperidine rings is 1. The van der Waals surface area contributed by atoms with Crippen molar-refractivity contribution in [1.29, 1.82) is 0 Å². The third kappa shape index (κ3) is 6.81. The highest BCUT2D eigenvalue weighted by atomic mass is 19.4. The molecule has 2 saturated heterocycles. The molecule has 0 spiro atoms. The van der Waals surface area contributed by atoms with Crippen molar-refractivity contribution in [1.82, 2.24) is 20.9 Å². The lowest BCUT2D eigenvalue weighted by Crippen LogP contribution is -2.61. The molecule has 1 unspecified atom stereocenters. The zero-order chi connectivity index (χ0) is 32.8. The maximum absolute atomic E-state index is 13.9. The van der Waals surface area contributed by atoms with Gasteiger partial charge in [-0.25, -0.2) is 0 Å². The molecule has 1 aliphatic carbocycles. The van der Waals surface area contributed by atoms with Crippen LogP contribution in [0.2, 0.25) is 0 Å². The smallest absolute Gasteiger partial charge is 0.356 e. The van der Waals surface area contributed by atoms with Gasteiger partial charge in [0.15, 0.2) is 0 Å². The van der Waals surface area contributed by atoms with E-state index in [0.717, 1.165) is 0 Å². The van der Waals surface area contributed by atoms with Gasteiger partial charge in [-0.05, 0) is 47.6 Å². The summed E-state index contributed by atoms with van der Waals surface area (Å²) in [6.45, 7) is 9.08. The lowest BCUT2D eigenvalue weighted by Gasteiger charge is -2.38. The first-order valence-corrected chi connectivity index (χ1v) is 14.3. The first kappa shape index (κ1) is 32.8. The van der Waals surface area contributed by atoms with Gasteiger partial charge in [0, 0.05) is 36.7 Å². The summed E-state index contributed by atoms with van der Waals surface area (Å²) in [5, 5.41) is 18.4. The second kappa shape index (κ2) is 11.7. The highest BCUT2D eigenvalue weighted by Crippen LogP contribution is 2.65. The molecule has 238 valence electrons. The maximum Gasteiger partial charge on any atom is 0.471 e. The Hall–Kier alpha value is -4.15. The SMILES string of the molecule is CC(C)(C)[C@H](NC(=O)C(F)(F)F)C(=O)N1C[C@H]2C([C@H]1C(=O)N[C@H](C#Cc1ccc([N+](=O)[O-])cc1)C[C@@H]1CCNC1=O)C2(C)C. The van der Waals surface area contributed by atoms with Crippen LogP contribution in [-0.4, -0.2) is 70.8 Å². The van der Waals surface area contributed by atoms with Crippen molar-refractivity contribution in [2.45, 2.75) is 71.8 Å². The Morgan fingerprint density at radius 3 is 2.32 bits per heavy atom. The van der Waals surface area contributed by atoms with Crippen molar-refractivity contribution in [2.75, 3.05) is 13.1 Å². The summed E-state index contributed by atoms with van der Waals surface area (Å²) >= 11 is 0. The van der Waals surface area contributed by atoms with Crippen LogP contribution in [0.3, 0.4) is 0 Å². The van der Waals surface area contributed by atoms with Gasteiger partial charge in [-0.3, -0.25) is 29.3 Å². The minimum Gasteiger partial charge on any atom is -0.356 e. The van der Waals surface area contributed by atoms with E-state index >= 15 is 0 Å². The second-order valence-electron chi connectivity index (χ2n) is 13.3. The molecule has 6 atom stereocenters. The first-order valence-electron chi connectivity index (χ1n) is 14.3. The normalized spacial score (nSPS) is 25.1. The molecule has 11 nitrogen and oxygen atoms in total. The number of likely N-dealkylation sites (tertiary alicyclic amines) is 1. The number of carbonyl (C=O) groups excluding carboxylic acids is 4. The van der Waals surface area contributed by atoms with Crippen molar-refractivity contribution in [2.24, 2.45) is 28.6 Å². The molecule has 1 aromatic carbocycles. The Bertz CT molecular complexity index is 1410. The minimum absolute atomic E-state index is 0.0774. The van der Waals surface area contributed by atoms with Crippen molar-refractivity contribution < 1.29 is 37.3 Å². The van der Waals surface area contributed by atoms with Gasteiger partial charge in [0.25, 0.3) is 5.69 Å². The quantitative estimate of drug-likeness (QED) is 0.243. The molecule has 0 radical (unpaired) electrons. The Labute approximate surface area is 252 Å². The third-order valence-electron chi connectivity index (χ3n) is 8.87. The first-order chi connectivity index (χ1) is 20.3. The molecule has 44 heavy (non-hydrogen) atoms. The summed E-state index contributed by atoms with van der Waals surface area (Å²) in [6, 6.07) is 2.09. The van der Waals surface area contributed by atoms with Crippen LogP contribution in [0.15, 0.2) is 24.3 Å². The minimum atomic E-state index is -5.20. The fourth-order valence-corrected chi connectivity index (χ4v) is 6.24. The van der Waals surface area contributed by atoms with E-state index in [9.17, 15) is 42.5 Å². The van der Waals surface area contributed by atoms with E-state index in [1.54, 1.807) is 0 Å². The molecule has 4 rings (SSSR count). The van der Waals surface area contributed by atoms with E-state index in [4.69, 9.17) is 0 Å². The van der Waals surface area contributed by atoms with Crippen LogP contribution in [0.1, 0.15) is 53.0 Å². The van der Waals surface area contributed by atoms with Gasteiger partial charge in [0.05, 0.1) is 11.0 Å². The molecule has 1 saturated carbocycles. The molecule has 3 N–H and O–H groups in total. The zero-order valence-electron chi connectivity index (χ0n) is 25.1. The highest BCUT2D eigenvalue weighted by molar-refractivity contribution is 5.95. The molecule has 14 heteroatoms. The number of halogens is 3. The van der Waals surface area contributed by atoms with Crippen LogP contribution in [0, 0.1) is 50.5 Å². The predicted molar refractivity (Wildman–Crippen MR) is 151 cm³/mol. The van der Waals surface area contributed by atoms with E-state index in [1.165, 1.54) is 49.9 Å². The van der Waals surface area contributed by atoms with Crippen molar-refractivity contribution in [3.05, 3.63) is 39.9 Å². The number of nitrogens with zero attached hydrogens (tertiary/aromatic N) is 2. The van der Waals surface area contributed by atoms with E-state index in [1.807, 2.05) is 19.2 Å². The predicted octanol–water partition coefficient (Wildman–Crippen LogP) is 2.53. The number of hydrogen-bond acceptors (Lipinski definition) is 6. The Morgan fingerprint density at radius 1 is 1.16 bits per heavy atom. The Balaban J connectivity index is 1.60. The van der Waals surface area contributed by atoms with Crippen LogP contribution < -0.4 is 16.0 Å². The van der Waals surface area contributed by atoms with E-state index in [-0.39, 0.29) is 41.8 Å². The number of nitrogens with one attached hydrogen (secondary N) is 3. The van der Waals surface area contributed by atoms with Crippen molar-refractivity contribution in [3.8, 4) is 11.8 Å². The molecule has 0 bridgehead atoms. The summed E-state index contributed by atoms with van der Waals surface area (Å²) < 4.78 is 39.4. The molecule has 2 heterocycles. The van der Waals surface area contributed by atoms with Gasteiger partial charge < -0.3 is 20.9 Å². The van der Waals surface area contributed by atoms with Gasteiger partial charge in [0.2, 0.25) is 17.7 Å². The standard InChI is InChI=1S/C30H36F3N5O6/c1-28(2,3)23(36-27(42)30(31,32)33)26(41)37-15-20-21(29(20,4)5)22(37)25(40)35-18(14-17-12-13-34-24(17)39)9-6-16-7-10-19(11-8-16)38(43)44/h7-8,10-11,17-18,20-23H,12-15H2,1-5H3,(H,34,39)(H,35,40)(H,36,42)/t17-,18+,20-,21?,22-,23+/m0/s1. The molecule has 3 fully saturated rings. The Morgan fingerprint density at radius 2 is 1.80 bits per heavy atom. The number of alkyl halides is 3. The Kier molecular flexibility index (Phi) is 8.74. The summed E-state index contributed by atoms with van der Waals surface area (Å²) in [5.41, 5.74) is -1.08. The monoisotopic (exact) mass is 619 g/mol. The molecular weight excluding hydrogens is 583 g/mol. The zero-order valence-corrected chi connectivity index (χ0v) is 25.1. The summed E-state index contributed by atoms with van der Waals surface area (Å²) in [4.78, 5) is 63.6. The summed E-state index contributed by atoms with van der Waals surface area (Å²) in [6.07, 6.45) is -4.50. The number of nitro benzene ring substituents is 1. The number of nitro groups is 1. The molecule has 0 aromatic heterocycles. The van der Waals surface area contributed by atoms with E-state index < -0.39 is 58.3 Å². The molecule has 3 aliphatic rings. The number of fused-ring (bicyclic) bond motifs is 1. The van der Waals surface area contributed by atoms with Crippen LogP contribution in [0.4, 0.5) is 18.9 Å². The van der Waals surface area contributed by atoms with Crippen LogP contribution >= 0.6 is 0 Å². The summed E-state index contributed by atoms with van der Waals surface area (Å²) in [7, 11) is 0. The van der Waals surface area contributed by atoms with E-state index in [0.29, 0.717) is 18.5 Å². The lowest BCUT2D eigenvalue weighted by atomic mass is 9.85. The van der Waals surface area contributed by atoms with Crippen LogP contribution in [-0.2, 0) is 19.2 Å². The topological polar surface area (TPSA) is 151 Å². The van der Waals surface area contributed by atoms with Crippen LogP contribution in [0.5, 0.6) is 0 Å². The van der Waals surface area contributed by atoms with Crippen molar-refractivity contribution >= 4 is 29.3 Å². The molecule has 1 aromatic rings. The average Bonchev–Trinajstić information content (AvgIpc) is 3.26. The lowest BCUT2D eigenvalue weighted by molar-refractivity contribution is -0.384. The fraction of sp³-hybridized carbons (Fsp3) is 0.600. The van der Waals surface area contributed by atoms with Gasteiger partial charge >= 0.3 is 12.1 Å². The highest BCUT2D eigenvalue weighted by Gasteiger charge is 2.70. The number of benzene rings is 1. The largest absolute Gasteiger partial charge is 0.471 e. The molecule has 2 aliphatic heterocycles. The number of non-ortho nitro benzene ring substituents is 1. The molecule has 4 amide bonds. The molecular formula is C30H36F3N5O6. The van der Waals surface area contributed by atoms with Crippen LogP contribution in [0.25, 0.3) is 0 Å². The number of hydrogen-bond donors (Lipinski definition) is 3. The van der Waals surface area contributed by atoms with Gasteiger partial charge in [-0.2, -0.15) is 13.2 Å². The van der Waals surface area contributed by atoms with Crippen molar-refractivity contribution in [3.63, 3.8) is 0 Å². The number of carbonyl (C=O) groups is 4. The average molecular weight is 620 g/mol. The van der Waals surface area contributed by atoms with Gasteiger partial charge in [-0.15, -0.1) is 0 Å². The van der Waals surface area contributed by atoms with E-state index in [2.05, 4.69) is 22.5 Å². The second-order valence-corrected chi connectivity index (χ2v) is 13.3. The number of amides is 4. The third-order valence-corrected chi connectivity index (χ3v) is 8.87. The summed E-state index contributed by atoms with van der Waals surface area (Å²) in [5.74, 6) is 1.28. The number of rotatable bonds is 7. The fourth-order valence-electron chi connectivity index (χ4n) is 6.24. The van der Waals surface area contributed by atoms with Gasteiger partial charge in [-0.1, -0.05) is 46.5 Å². The van der Waals surface area contributed by atoms with Gasteiger partial charge in [0.1, 0.15) is 12.1 Å².